The van der Waals surface area contributed by atoms with E-state index in [-0.39, 0.29) is 0 Å². The van der Waals surface area contributed by atoms with Gasteiger partial charge in [-0.2, -0.15) is 0 Å². The fourth-order valence-electron chi connectivity index (χ4n) is 1.46. The van der Waals surface area contributed by atoms with E-state index in [0.29, 0.717) is 13.0 Å². The lowest BCUT2D eigenvalue weighted by atomic mass is 10.1. The first-order valence-electron chi connectivity index (χ1n) is 5.35. The number of nitrogens with one attached hydrogen (secondary N) is 1. The van der Waals surface area contributed by atoms with E-state index in [1.54, 1.807) is 6.08 Å². The van der Waals surface area contributed by atoms with Crippen LogP contribution in [0.2, 0.25) is 0 Å². The van der Waals surface area contributed by atoms with Gasteiger partial charge in [-0.05, 0) is 24.9 Å². The Bertz CT molecular complexity index is 335. The number of carbonyl (C=O) groups is 1. The highest BCUT2D eigenvalue weighted by Crippen LogP contribution is 2.03. The minimum atomic E-state index is -0.812. The molecule has 1 rings (SSSR count). The topological polar surface area (TPSA) is 49.3 Å². The van der Waals surface area contributed by atoms with Crippen LogP contribution in [0.1, 0.15) is 12.0 Å². The largest absolute Gasteiger partial charge is 0.480 e. The van der Waals surface area contributed by atoms with E-state index in [9.17, 15) is 4.79 Å². The predicted molar refractivity (Wildman–Crippen MR) is 64.4 cm³/mol. The van der Waals surface area contributed by atoms with Gasteiger partial charge in [0.1, 0.15) is 6.04 Å². The third-order valence-electron chi connectivity index (χ3n) is 2.32. The Morgan fingerprint density at radius 2 is 2.12 bits per heavy atom. The van der Waals surface area contributed by atoms with E-state index in [4.69, 9.17) is 5.11 Å². The van der Waals surface area contributed by atoms with Crippen LogP contribution in [0.5, 0.6) is 0 Å². The molecule has 0 aliphatic heterocycles. The first-order chi connectivity index (χ1) is 7.74. The molecule has 0 radical (unpaired) electrons. The second kappa shape index (κ2) is 6.80. The van der Waals surface area contributed by atoms with Crippen LogP contribution in [-0.2, 0) is 11.2 Å². The summed E-state index contributed by atoms with van der Waals surface area (Å²) in [5.74, 6) is -0.812. The van der Waals surface area contributed by atoms with Crippen molar-refractivity contribution in [2.75, 3.05) is 6.54 Å². The van der Waals surface area contributed by atoms with Crippen molar-refractivity contribution < 1.29 is 9.90 Å². The SMILES string of the molecule is C=CCCN[C@@H](Cc1ccccc1)C(=O)O. The highest BCUT2D eigenvalue weighted by atomic mass is 16.4. The monoisotopic (exact) mass is 219 g/mol. The molecule has 0 bridgehead atoms. The number of hydrogen-bond acceptors (Lipinski definition) is 2. The summed E-state index contributed by atoms with van der Waals surface area (Å²) < 4.78 is 0. The normalized spacial score (nSPS) is 12.0. The average Bonchev–Trinajstić information content (AvgIpc) is 2.29. The van der Waals surface area contributed by atoms with Crippen LogP contribution in [0.4, 0.5) is 0 Å². The Morgan fingerprint density at radius 1 is 1.44 bits per heavy atom. The quantitative estimate of drug-likeness (QED) is 0.543. The lowest BCUT2D eigenvalue weighted by molar-refractivity contribution is -0.139. The van der Waals surface area contributed by atoms with Crippen LogP contribution in [0.3, 0.4) is 0 Å². The van der Waals surface area contributed by atoms with Gasteiger partial charge < -0.3 is 10.4 Å². The molecule has 0 amide bonds. The number of aliphatic carboxylic acids is 1. The molecular weight excluding hydrogens is 202 g/mol. The molecule has 0 heterocycles. The maximum Gasteiger partial charge on any atom is 0.321 e. The lowest BCUT2D eigenvalue weighted by Gasteiger charge is -2.13. The molecule has 0 aromatic heterocycles. The smallest absolute Gasteiger partial charge is 0.321 e. The molecule has 0 aliphatic rings. The van der Waals surface area contributed by atoms with E-state index < -0.39 is 12.0 Å². The summed E-state index contributed by atoms with van der Waals surface area (Å²) in [5.41, 5.74) is 1.03. The molecule has 86 valence electrons. The summed E-state index contributed by atoms with van der Waals surface area (Å²) in [6.45, 7) is 4.25. The molecule has 0 aliphatic carbocycles. The van der Waals surface area contributed by atoms with Gasteiger partial charge in [-0.25, -0.2) is 0 Å². The maximum absolute atomic E-state index is 11.0. The zero-order valence-electron chi connectivity index (χ0n) is 9.23. The molecular formula is C13H17NO2. The van der Waals surface area contributed by atoms with Crippen LogP contribution in [0.25, 0.3) is 0 Å². The standard InChI is InChI=1S/C13H17NO2/c1-2-3-9-14-12(13(15)16)10-11-7-5-4-6-8-11/h2,4-8,12,14H,1,3,9-10H2,(H,15,16)/t12-/m0/s1. The van der Waals surface area contributed by atoms with Crippen molar-refractivity contribution in [2.24, 2.45) is 0 Å². The van der Waals surface area contributed by atoms with Crippen molar-refractivity contribution in [1.29, 1.82) is 0 Å². The van der Waals surface area contributed by atoms with Crippen molar-refractivity contribution in [3.8, 4) is 0 Å². The minimum absolute atomic E-state index is 0.507. The molecule has 2 N–H and O–H groups in total. The van der Waals surface area contributed by atoms with Gasteiger partial charge in [0.25, 0.3) is 0 Å². The Balaban J connectivity index is 2.51. The molecule has 16 heavy (non-hydrogen) atoms. The summed E-state index contributed by atoms with van der Waals surface area (Å²) in [7, 11) is 0. The van der Waals surface area contributed by atoms with Crippen LogP contribution in [0.15, 0.2) is 43.0 Å². The molecule has 0 fully saturated rings. The van der Waals surface area contributed by atoms with E-state index >= 15 is 0 Å². The van der Waals surface area contributed by atoms with E-state index in [1.807, 2.05) is 30.3 Å². The van der Waals surface area contributed by atoms with Gasteiger partial charge in [-0.1, -0.05) is 36.4 Å². The number of benzene rings is 1. The molecule has 0 saturated carbocycles. The summed E-state index contributed by atoms with van der Waals surface area (Å²) in [4.78, 5) is 11.0. The highest BCUT2D eigenvalue weighted by molar-refractivity contribution is 5.73. The molecule has 3 heteroatoms. The van der Waals surface area contributed by atoms with Crippen molar-refractivity contribution in [3.05, 3.63) is 48.6 Å². The van der Waals surface area contributed by atoms with Gasteiger partial charge in [0, 0.05) is 0 Å². The summed E-state index contributed by atoms with van der Waals surface area (Å²) in [6.07, 6.45) is 3.06. The van der Waals surface area contributed by atoms with Crippen molar-refractivity contribution in [3.63, 3.8) is 0 Å². The molecule has 1 aromatic carbocycles. The fraction of sp³-hybridized carbons (Fsp3) is 0.308. The molecule has 1 aromatic rings. The third-order valence-corrected chi connectivity index (χ3v) is 2.32. The Kier molecular flexibility index (Phi) is 5.29. The zero-order valence-corrected chi connectivity index (χ0v) is 9.23. The molecule has 3 nitrogen and oxygen atoms in total. The Morgan fingerprint density at radius 3 is 2.69 bits per heavy atom. The summed E-state index contributed by atoms with van der Waals surface area (Å²) >= 11 is 0. The fourth-order valence-corrected chi connectivity index (χ4v) is 1.46. The van der Waals surface area contributed by atoms with E-state index in [1.165, 1.54) is 0 Å². The summed E-state index contributed by atoms with van der Waals surface area (Å²) in [6, 6.07) is 9.10. The van der Waals surface area contributed by atoms with Gasteiger partial charge in [0.05, 0.1) is 0 Å². The minimum Gasteiger partial charge on any atom is -0.480 e. The van der Waals surface area contributed by atoms with Gasteiger partial charge in [0.2, 0.25) is 0 Å². The number of carboxylic acids is 1. The van der Waals surface area contributed by atoms with Gasteiger partial charge in [0.15, 0.2) is 0 Å². The average molecular weight is 219 g/mol. The van der Waals surface area contributed by atoms with Crippen LogP contribution < -0.4 is 5.32 Å². The first-order valence-corrected chi connectivity index (χ1v) is 5.35. The lowest BCUT2D eigenvalue weighted by Crippen LogP contribution is -2.38. The molecule has 1 atom stereocenters. The number of rotatable bonds is 7. The second-order valence-electron chi connectivity index (χ2n) is 3.61. The predicted octanol–water partition coefficient (Wildman–Crippen LogP) is 1.85. The number of hydrogen-bond donors (Lipinski definition) is 2. The van der Waals surface area contributed by atoms with Gasteiger partial charge in [-0.3, -0.25) is 4.79 Å². The van der Waals surface area contributed by atoms with Crippen LogP contribution >= 0.6 is 0 Å². The highest BCUT2D eigenvalue weighted by Gasteiger charge is 2.16. The second-order valence-corrected chi connectivity index (χ2v) is 3.61. The van der Waals surface area contributed by atoms with Gasteiger partial charge >= 0.3 is 5.97 Å². The Labute approximate surface area is 95.8 Å². The zero-order chi connectivity index (χ0) is 11.8. The molecule has 0 spiro atoms. The van der Waals surface area contributed by atoms with Crippen LogP contribution in [-0.4, -0.2) is 23.7 Å². The van der Waals surface area contributed by atoms with Crippen molar-refractivity contribution in [1.82, 2.24) is 5.32 Å². The third kappa shape index (κ3) is 4.28. The number of carboxylic acid groups (broad SMARTS) is 1. The maximum atomic E-state index is 11.0. The Hall–Kier alpha value is -1.61. The summed E-state index contributed by atoms with van der Waals surface area (Å²) in [5, 5.41) is 12.0. The van der Waals surface area contributed by atoms with Crippen LogP contribution in [0, 0.1) is 0 Å². The first kappa shape index (κ1) is 12.5. The van der Waals surface area contributed by atoms with Crippen molar-refractivity contribution in [2.45, 2.75) is 18.9 Å². The van der Waals surface area contributed by atoms with Crippen molar-refractivity contribution >= 4 is 5.97 Å². The van der Waals surface area contributed by atoms with E-state index in [0.717, 1.165) is 12.0 Å². The molecule has 0 unspecified atom stereocenters. The molecule has 0 saturated heterocycles. The van der Waals surface area contributed by atoms with Gasteiger partial charge in [-0.15, -0.1) is 6.58 Å². The van der Waals surface area contributed by atoms with E-state index in [2.05, 4.69) is 11.9 Å².